The van der Waals surface area contributed by atoms with Crippen LogP contribution in [0.25, 0.3) is 10.9 Å². The number of amides is 1. The molecule has 1 heterocycles. The molecule has 0 N–H and O–H groups in total. The molecule has 1 aromatic heterocycles. The summed E-state index contributed by atoms with van der Waals surface area (Å²) >= 11 is 12.7. The molecule has 0 unspecified atom stereocenters. The van der Waals surface area contributed by atoms with Gasteiger partial charge in [0, 0.05) is 40.7 Å². The van der Waals surface area contributed by atoms with Crippen molar-refractivity contribution >= 4 is 40.0 Å². The number of methoxy groups -OCH3 is 1. The minimum Gasteiger partial charge on any atom is -0.497 e. The van der Waals surface area contributed by atoms with Gasteiger partial charge in [0.1, 0.15) is 10.9 Å². The summed E-state index contributed by atoms with van der Waals surface area (Å²) in [4.78, 5) is 19.7. The second-order valence-corrected chi connectivity index (χ2v) is 8.45. The number of aromatic nitrogens is 1. The second-order valence-electron chi connectivity index (χ2n) is 7.66. The molecule has 0 aliphatic carbocycles. The van der Waals surface area contributed by atoms with Crippen LogP contribution < -0.4 is 4.74 Å². The van der Waals surface area contributed by atoms with Crippen LogP contribution in [-0.4, -0.2) is 22.9 Å². The monoisotopic (exact) mass is 464 g/mol. The van der Waals surface area contributed by atoms with Gasteiger partial charge in [-0.1, -0.05) is 59.1 Å². The molecule has 0 bridgehead atoms. The number of hydrogen-bond acceptors (Lipinski definition) is 3. The van der Waals surface area contributed by atoms with E-state index < -0.39 is 0 Å². The van der Waals surface area contributed by atoms with Crippen LogP contribution in [0.15, 0.2) is 72.8 Å². The Balaban J connectivity index is 1.71. The molecule has 0 atom stereocenters. The minimum absolute atomic E-state index is 0.125. The first-order chi connectivity index (χ1) is 15.4. The van der Waals surface area contributed by atoms with Gasteiger partial charge < -0.3 is 9.64 Å². The van der Waals surface area contributed by atoms with Crippen molar-refractivity contribution in [2.24, 2.45) is 0 Å². The lowest BCUT2D eigenvalue weighted by Crippen LogP contribution is -2.30. The van der Waals surface area contributed by atoms with Crippen LogP contribution in [-0.2, 0) is 13.1 Å². The number of ether oxygens (including phenoxy) is 1. The largest absolute Gasteiger partial charge is 0.497 e. The highest BCUT2D eigenvalue weighted by molar-refractivity contribution is 6.31. The Labute approximate surface area is 197 Å². The van der Waals surface area contributed by atoms with Crippen LogP contribution in [0.1, 0.15) is 27.0 Å². The number of carbonyl (C=O) groups excluding carboxylic acids is 1. The summed E-state index contributed by atoms with van der Waals surface area (Å²) in [6.45, 7) is 2.78. The third-order valence-electron chi connectivity index (χ3n) is 5.23. The van der Waals surface area contributed by atoms with Crippen molar-refractivity contribution in [1.82, 2.24) is 9.88 Å². The Morgan fingerprint density at radius 3 is 2.53 bits per heavy atom. The number of nitrogens with zero attached hydrogens (tertiary/aromatic N) is 2. The van der Waals surface area contributed by atoms with Crippen molar-refractivity contribution in [3.05, 3.63) is 105 Å². The third kappa shape index (κ3) is 5.04. The molecule has 162 valence electrons. The Morgan fingerprint density at radius 1 is 0.969 bits per heavy atom. The molecule has 0 saturated heterocycles. The van der Waals surface area contributed by atoms with Gasteiger partial charge >= 0.3 is 0 Å². The summed E-state index contributed by atoms with van der Waals surface area (Å²) < 4.78 is 5.28. The molecule has 4 rings (SSSR count). The number of fused-ring (bicyclic) bond motifs is 1. The summed E-state index contributed by atoms with van der Waals surface area (Å²) in [6, 6.07) is 22.7. The average molecular weight is 465 g/mol. The van der Waals surface area contributed by atoms with Crippen molar-refractivity contribution in [3.63, 3.8) is 0 Å². The SMILES string of the molecule is COc1ccc2cc(CN(Cc3cccc(C)c3)C(=O)c3cccc(Cl)c3)c(Cl)nc2c1. The number of rotatable bonds is 6. The lowest BCUT2D eigenvalue weighted by molar-refractivity contribution is 0.0730. The quantitative estimate of drug-likeness (QED) is 0.298. The fourth-order valence-electron chi connectivity index (χ4n) is 3.65. The van der Waals surface area contributed by atoms with E-state index in [1.165, 1.54) is 0 Å². The summed E-state index contributed by atoms with van der Waals surface area (Å²) in [5.41, 5.74) is 4.21. The number of aryl methyl sites for hydroxylation is 1. The van der Waals surface area contributed by atoms with E-state index in [-0.39, 0.29) is 5.91 Å². The minimum atomic E-state index is -0.125. The molecule has 0 aliphatic rings. The first-order valence-corrected chi connectivity index (χ1v) is 10.9. The van der Waals surface area contributed by atoms with Crippen molar-refractivity contribution in [3.8, 4) is 5.75 Å². The summed E-state index contributed by atoms with van der Waals surface area (Å²) in [5, 5.41) is 1.81. The zero-order valence-corrected chi connectivity index (χ0v) is 19.3. The summed E-state index contributed by atoms with van der Waals surface area (Å²) in [5.74, 6) is 0.589. The van der Waals surface area contributed by atoms with Gasteiger partial charge in [-0.3, -0.25) is 4.79 Å². The zero-order chi connectivity index (χ0) is 22.7. The maximum atomic E-state index is 13.4. The fraction of sp³-hybridized carbons (Fsp3) is 0.154. The normalized spacial score (nSPS) is 10.9. The highest BCUT2D eigenvalue weighted by Crippen LogP contribution is 2.26. The maximum absolute atomic E-state index is 13.4. The first-order valence-electron chi connectivity index (χ1n) is 10.2. The third-order valence-corrected chi connectivity index (χ3v) is 5.79. The molecule has 3 aromatic carbocycles. The number of pyridine rings is 1. The maximum Gasteiger partial charge on any atom is 0.254 e. The molecule has 0 saturated carbocycles. The van der Waals surface area contributed by atoms with Gasteiger partial charge in [-0.2, -0.15) is 0 Å². The number of halogens is 2. The van der Waals surface area contributed by atoms with Gasteiger partial charge in [-0.05, 0) is 48.9 Å². The van der Waals surface area contributed by atoms with Crippen LogP contribution in [0.2, 0.25) is 10.2 Å². The van der Waals surface area contributed by atoms with Gasteiger partial charge in [-0.15, -0.1) is 0 Å². The van der Waals surface area contributed by atoms with Crippen molar-refractivity contribution in [2.45, 2.75) is 20.0 Å². The van der Waals surface area contributed by atoms with E-state index >= 15 is 0 Å². The summed E-state index contributed by atoms with van der Waals surface area (Å²) in [7, 11) is 1.61. The van der Waals surface area contributed by atoms with Crippen LogP contribution in [0.3, 0.4) is 0 Å². The van der Waals surface area contributed by atoms with Gasteiger partial charge in [0.05, 0.1) is 12.6 Å². The predicted molar refractivity (Wildman–Crippen MR) is 130 cm³/mol. The smallest absolute Gasteiger partial charge is 0.254 e. The molecule has 0 spiro atoms. The fourth-order valence-corrected chi connectivity index (χ4v) is 4.04. The lowest BCUT2D eigenvalue weighted by atomic mass is 10.1. The predicted octanol–water partition coefficient (Wildman–Crippen LogP) is 6.70. The van der Waals surface area contributed by atoms with E-state index in [2.05, 4.69) is 11.1 Å². The lowest BCUT2D eigenvalue weighted by Gasteiger charge is -2.24. The van der Waals surface area contributed by atoms with E-state index in [9.17, 15) is 4.79 Å². The summed E-state index contributed by atoms with van der Waals surface area (Å²) in [6.07, 6.45) is 0. The first kappa shape index (κ1) is 22.1. The number of benzene rings is 3. The zero-order valence-electron chi connectivity index (χ0n) is 17.8. The Morgan fingerprint density at radius 2 is 1.78 bits per heavy atom. The van der Waals surface area contributed by atoms with Crippen molar-refractivity contribution < 1.29 is 9.53 Å². The van der Waals surface area contributed by atoms with Gasteiger partial charge in [0.15, 0.2) is 0 Å². The molecule has 6 heteroatoms. The number of hydrogen-bond donors (Lipinski definition) is 0. The molecule has 1 amide bonds. The molecule has 0 aliphatic heterocycles. The van der Waals surface area contributed by atoms with Crippen LogP contribution >= 0.6 is 23.2 Å². The Kier molecular flexibility index (Phi) is 6.63. The molecule has 32 heavy (non-hydrogen) atoms. The highest BCUT2D eigenvalue weighted by atomic mass is 35.5. The van der Waals surface area contributed by atoms with Crippen LogP contribution in [0.5, 0.6) is 5.75 Å². The Bertz CT molecular complexity index is 1290. The van der Waals surface area contributed by atoms with E-state index in [1.807, 2.05) is 49.4 Å². The molecular weight excluding hydrogens is 443 g/mol. The molecule has 4 nitrogen and oxygen atoms in total. The van der Waals surface area contributed by atoms with Crippen LogP contribution in [0.4, 0.5) is 0 Å². The average Bonchev–Trinajstić information content (AvgIpc) is 2.78. The number of carbonyl (C=O) groups is 1. The molecule has 0 radical (unpaired) electrons. The van der Waals surface area contributed by atoms with Gasteiger partial charge in [-0.25, -0.2) is 4.98 Å². The van der Waals surface area contributed by atoms with Crippen molar-refractivity contribution in [1.29, 1.82) is 0 Å². The molecule has 4 aromatic rings. The van der Waals surface area contributed by atoms with Crippen LogP contribution in [0, 0.1) is 6.92 Å². The van der Waals surface area contributed by atoms with E-state index in [0.717, 1.165) is 27.6 Å². The van der Waals surface area contributed by atoms with E-state index in [1.54, 1.807) is 36.3 Å². The molecule has 0 fully saturated rings. The topological polar surface area (TPSA) is 42.4 Å². The van der Waals surface area contributed by atoms with Gasteiger partial charge in [0.25, 0.3) is 5.91 Å². The molecular formula is C26H22Cl2N2O2. The second kappa shape index (κ2) is 9.60. The van der Waals surface area contributed by atoms with E-state index in [4.69, 9.17) is 27.9 Å². The standard InChI is InChI=1S/C26H22Cl2N2O2/c1-17-5-3-6-18(11-17)15-30(26(31)20-7-4-8-22(27)13-20)16-21-12-19-9-10-23(32-2)14-24(19)29-25(21)28/h3-14H,15-16H2,1-2H3. The van der Waals surface area contributed by atoms with E-state index in [0.29, 0.717) is 34.6 Å². The highest BCUT2D eigenvalue weighted by Gasteiger charge is 2.19. The Hall–Kier alpha value is -3.08. The van der Waals surface area contributed by atoms with Crippen molar-refractivity contribution in [2.75, 3.05) is 7.11 Å². The van der Waals surface area contributed by atoms with Gasteiger partial charge in [0.2, 0.25) is 0 Å².